The van der Waals surface area contributed by atoms with E-state index in [0.29, 0.717) is 12.1 Å². The van der Waals surface area contributed by atoms with Gasteiger partial charge in [-0.2, -0.15) is 0 Å². The third-order valence-electron chi connectivity index (χ3n) is 2.17. The summed E-state index contributed by atoms with van der Waals surface area (Å²) in [6, 6.07) is -1.70. The minimum absolute atomic E-state index is 0.302. The Bertz CT molecular complexity index is 584. The largest absolute Gasteiger partial charge is 0.480 e. The molecule has 5 nitrogen and oxygen atoms in total. The van der Waals surface area contributed by atoms with Gasteiger partial charge in [-0.3, -0.25) is 0 Å². The molecule has 1 aromatic carbocycles. The third-order valence-corrected chi connectivity index (χ3v) is 2.17. The lowest BCUT2D eigenvalue weighted by molar-refractivity contribution is -0.139. The number of nitrogens with one attached hydrogen (secondary N) is 2. The summed E-state index contributed by atoms with van der Waals surface area (Å²) in [7, 11) is 0. The van der Waals surface area contributed by atoms with Gasteiger partial charge in [0.25, 0.3) is 0 Å². The highest BCUT2D eigenvalue weighted by molar-refractivity contribution is 5.92. The van der Waals surface area contributed by atoms with E-state index in [0.717, 1.165) is 0 Å². The molecule has 0 spiro atoms. The van der Waals surface area contributed by atoms with Gasteiger partial charge in [0.15, 0.2) is 11.6 Å². The fraction of sp³-hybridized carbons (Fsp3) is 0.167. The van der Waals surface area contributed by atoms with Crippen LogP contribution in [0.15, 0.2) is 12.1 Å². The van der Waals surface area contributed by atoms with Crippen LogP contribution in [0.1, 0.15) is 6.42 Å². The first-order valence-electron chi connectivity index (χ1n) is 5.23. The molecule has 20 heavy (non-hydrogen) atoms. The van der Waals surface area contributed by atoms with Crippen LogP contribution >= 0.6 is 0 Å². The van der Waals surface area contributed by atoms with Gasteiger partial charge in [-0.05, 0) is 0 Å². The molecule has 0 radical (unpaired) electrons. The molecule has 0 heterocycles. The number of amides is 2. The van der Waals surface area contributed by atoms with E-state index in [-0.39, 0.29) is 6.42 Å². The molecule has 1 rings (SSSR count). The summed E-state index contributed by atoms with van der Waals surface area (Å²) in [5, 5.41) is 12.5. The Kier molecular flexibility index (Phi) is 4.97. The Labute approximate surface area is 111 Å². The maximum atomic E-state index is 13.3. The zero-order valence-electron chi connectivity index (χ0n) is 9.91. The SMILES string of the molecule is C#CCC(NC(=O)Nc1cc(F)cc(F)c1F)C(=O)O. The van der Waals surface area contributed by atoms with Crippen molar-refractivity contribution in [3.8, 4) is 12.3 Å². The molecule has 0 saturated heterocycles. The van der Waals surface area contributed by atoms with Crippen LogP contribution in [0.2, 0.25) is 0 Å². The van der Waals surface area contributed by atoms with E-state index in [2.05, 4.69) is 0 Å². The molecule has 0 bridgehead atoms. The van der Waals surface area contributed by atoms with Gasteiger partial charge in [-0.25, -0.2) is 22.8 Å². The van der Waals surface area contributed by atoms with Gasteiger partial charge >= 0.3 is 12.0 Å². The van der Waals surface area contributed by atoms with Crippen LogP contribution in [0.5, 0.6) is 0 Å². The second-order valence-electron chi connectivity index (χ2n) is 3.65. The number of carbonyl (C=O) groups is 2. The van der Waals surface area contributed by atoms with Crippen molar-refractivity contribution < 1.29 is 27.9 Å². The van der Waals surface area contributed by atoms with Crippen LogP contribution in [-0.2, 0) is 4.79 Å². The van der Waals surface area contributed by atoms with Crippen LogP contribution in [0.4, 0.5) is 23.7 Å². The highest BCUT2D eigenvalue weighted by Crippen LogP contribution is 2.18. The first-order chi connectivity index (χ1) is 9.35. The quantitative estimate of drug-likeness (QED) is 0.582. The van der Waals surface area contributed by atoms with Crippen molar-refractivity contribution in [3.63, 3.8) is 0 Å². The first-order valence-corrected chi connectivity index (χ1v) is 5.23. The highest BCUT2D eigenvalue weighted by Gasteiger charge is 2.20. The number of carboxylic acids is 1. The molecule has 0 fully saturated rings. The van der Waals surface area contributed by atoms with E-state index in [9.17, 15) is 22.8 Å². The first kappa shape index (κ1) is 15.4. The van der Waals surface area contributed by atoms with E-state index >= 15 is 0 Å². The summed E-state index contributed by atoms with van der Waals surface area (Å²) in [5.41, 5.74) is -0.759. The number of anilines is 1. The highest BCUT2D eigenvalue weighted by atomic mass is 19.2. The van der Waals surface area contributed by atoms with E-state index in [1.165, 1.54) is 0 Å². The van der Waals surface area contributed by atoms with Gasteiger partial charge in [0.1, 0.15) is 11.9 Å². The van der Waals surface area contributed by atoms with Gasteiger partial charge < -0.3 is 15.7 Å². The summed E-state index contributed by atoms with van der Waals surface area (Å²) in [6.07, 6.45) is 4.61. The number of carboxylic acid groups (broad SMARTS) is 1. The van der Waals surface area contributed by atoms with Crippen molar-refractivity contribution in [2.45, 2.75) is 12.5 Å². The second-order valence-corrected chi connectivity index (χ2v) is 3.65. The summed E-state index contributed by atoms with van der Waals surface area (Å²) >= 11 is 0. The Morgan fingerprint density at radius 3 is 2.55 bits per heavy atom. The molecule has 3 N–H and O–H groups in total. The van der Waals surface area contributed by atoms with Crippen molar-refractivity contribution >= 4 is 17.7 Å². The number of carbonyl (C=O) groups excluding carboxylic acids is 1. The zero-order chi connectivity index (χ0) is 15.3. The molecule has 0 saturated carbocycles. The van der Waals surface area contributed by atoms with E-state index in [1.54, 1.807) is 5.32 Å². The van der Waals surface area contributed by atoms with Crippen LogP contribution in [-0.4, -0.2) is 23.1 Å². The lowest BCUT2D eigenvalue weighted by Crippen LogP contribution is -2.42. The Balaban J connectivity index is 2.81. The molecule has 106 valence electrons. The molecule has 0 aliphatic rings. The monoisotopic (exact) mass is 286 g/mol. The van der Waals surface area contributed by atoms with E-state index in [1.807, 2.05) is 11.2 Å². The van der Waals surface area contributed by atoms with E-state index in [4.69, 9.17) is 11.5 Å². The number of rotatable bonds is 4. The standard InChI is InChI=1S/C12H9F3N2O3/c1-2-3-8(11(18)19)16-12(20)17-9-5-6(13)4-7(14)10(9)15/h1,4-5,8H,3H2,(H,18,19)(H2,16,17,20). The molecular formula is C12H9F3N2O3. The van der Waals surface area contributed by atoms with Crippen LogP contribution in [0.3, 0.4) is 0 Å². The van der Waals surface area contributed by atoms with Gasteiger partial charge in [-0.15, -0.1) is 12.3 Å². The minimum atomic E-state index is -1.49. The smallest absolute Gasteiger partial charge is 0.327 e. The maximum absolute atomic E-state index is 13.3. The Hall–Kier alpha value is -2.69. The molecule has 1 unspecified atom stereocenters. The fourth-order valence-corrected chi connectivity index (χ4v) is 1.28. The van der Waals surface area contributed by atoms with E-state index < -0.39 is 41.2 Å². The normalized spacial score (nSPS) is 11.3. The van der Waals surface area contributed by atoms with Crippen LogP contribution < -0.4 is 10.6 Å². The molecule has 1 atom stereocenters. The topological polar surface area (TPSA) is 78.4 Å². The van der Waals surface area contributed by atoms with Crippen molar-refractivity contribution in [1.82, 2.24) is 5.32 Å². The minimum Gasteiger partial charge on any atom is -0.480 e. The summed E-state index contributed by atoms with van der Waals surface area (Å²) in [4.78, 5) is 22.1. The number of halogens is 3. The Morgan fingerprint density at radius 2 is 2.00 bits per heavy atom. The zero-order valence-corrected chi connectivity index (χ0v) is 9.91. The van der Waals surface area contributed by atoms with Gasteiger partial charge in [0, 0.05) is 18.6 Å². The van der Waals surface area contributed by atoms with Gasteiger partial charge in [0.2, 0.25) is 0 Å². The molecule has 0 aliphatic carbocycles. The number of terminal acetylenes is 1. The van der Waals surface area contributed by atoms with Crippen LogP contribution in [0, 0.1) is 29.8 Å². The fourth-order valence-electron chi connectivity index (χ4n) is 1.28. The number of aliphatic carboxylic acids is 1. The number of hydrogen-bond acceptors (Lipinski definition) is 2. The summed E-state index contributed by atoms with van der Waals surface area (Å²) in [6.45, 7) is 0. The molecule has 2 amide bonds. The lowest BCUT2D eigenvalue weighted by atomic mass is 10.2. The third kappa shape index (κ3) is 3.91. The molecular weight excluding hydrogens is 277 g/mol. The van der Waals surface area contributed by atoms with Crippen molar-refractivity contribution in [2.24, 2.45) is 0 Å². The average molecular weight is 286 g/mol. The van der Waals surface area contributed by atoms with Crippen molar-refractivity contribution in [3.05, 3.63) is 29.6 Å². The molecule has 0 aliphatic heterocycles. The Morgan fingerprint density at radius 1 is 1.35 bits per heavy atom. The van der Waals surface area contributed by atoms with Crippen molar-refractivity contribution in [1.29, 1.82) is 0 Å². The maximum Gasteiger partial charge on any atom is 0.327 e. The summed E-state index contributed by atoms with van der Waals surface area (Å²) < 4.78 is 39.0. The van der Waals surface area contributed by atoms with Gasteiger partial charge in [0.05, 0.1) is 5.69 Å². The predicted molar refractivity (Wildman–Crippen MR) is 63.3 cm³/mol. The predicted octanol–water partition coefficient (Wildman–Crippen LogP) is 1.70. The number of urea groups is 1. The molecule has 0 aromatic heterocycles. The summed E-state index contributed by atoms with van der Waals surface area (Å²) in [5.74, 6) is -3.42. The lowest BCUT2D eigenvalue weighted by Gasteiger charge is -2.13. The number of hydrogen-bond donors (Lipinski definition) is 3. The second kappa shape index (κ2) is 6.47. The molecule has 8 heteroatoms. The van der Waals surface area contributed by atoms with Gasteiger partial charge in [-0.1, -0.05) is 0 Å². The van der Waals surface area contributed by atoms with Crippen LogP contribution in [0.25, 0.3) is 0 Å². The van der Waals surface area contributed by atoms with Crippen molar-refractivity contribution in [2.75, 3.05) is 5.32 Å². The molecule has 1 aromatic rings. The number of benzene rings is 1. The average Bonchev–Trinajstić information content (AvgIpc) is 2.34.